The van der Waals surface area contributed by atoms with Gasteiger partial charge >= 0.3 is 0 Å². The van der Waals surface area contributed by atoms with E-state index >= 15 is 0 Å². The Balaban J connectivity index is -0.000000126. The zero-order valence-corrected chi connectivity index (χ0v) is 18.9. The molecule has 25 heavy (non-hydrogen) atoms. The highest BCUT2D eigenvalue weighted by molar-refractivity contribution is 5.72. The summed E-state index contributed by atoms with van der Waals surface area (Å²) in [5, 5.41) is 0. The number of aryl methyl sites for hydroxylation is 2. The molecular formula is C23H45FO. The maximum atomic E-state index is 12.5. The number of carbonyl (C=O) groups excluding carboxylic acids is 1. The molecule has 1 aromatic carbocycles. The molecule has 0 radical (unpaired) electrons. The van der Waals surface area contributed by atoms with Gasteiger partial charge in [0.2, 0.25) is 0 Å². The fraction of sp³-hybridized carbons (Fsp3) is 0.696. The summed E-state index contributed by atoms with van der Waals surface area (Å²) in [6, 6.07) is 5.09. The number of benzene rings is 1. The fourth-order valence-corrected chi connectivity index (χ4v) is 1.60. The second-order valence-corrected chi connectivity index (χ2v) is 6.05. The third-order valence-electron chi connectivity index (χ3n) is 2.70. The zero-order chi connectivity index (χ0) is 20.8. The molecule has 0 spiro atoms. The van der Waals surface area contributed by atoms with Gasteiger partial charge in [0, 0.05) is 0 Å². The Kier molecular flexibility index (Phi) is 31.7. The highest BCUT2D eigenvalue weighted by atomic mass is 19.1. The quantitative estimate of drug-likeness (QED) is 0.496. The van der Waals surface area contributed by atoms with Crippen LogP contribution in [0.4, 0.5) is 4.39 Å². The van der Waals surface area contributed by atoms with E-state index in [0.717, 1.165) is 17.0 Å². The lowest BCUT2D eigenvalue weighted by molar-refractivity contribution is -0.114. The van der Waals surface area contributed by atoms with Crippen LogP contribution in [0.15, 0.2) is 18.2 Å². The van der Waals surface area contributed by atoms with Gasteiger partial charge < -0.3 is 4.79 Å². The standard InChI is InChI=1S/C8H9F.C8H18.C3H6O.2C2H6/c1-6-3-4-8(9)7(2)5-6;1-4-5-6-7-8(2)3;1-3(2)4;2*1-2/h3-5H,1-2H3;8H,4-7H2,1-3H3;1-2H3;2*1-2H3. The average molecular weight is 357 g/mol. The molecule has 0 aliphatic heterocycles. The number of ketones is 1. The molecule has 0 fully saturated rings. The average Bonchev–Trinajstić information content (AvgIpc) is 2.55. The van der Waals surface area contributed by atoms with Crippen LogP contribution in [-0.2, 0) is 4.79 Å². The van der Waals surface area contributed by atoms with Gasteiger partial charge in [-0.15, -0.1) is 0 Å². The first-order valence-corrected chi connectivity index (χ1v) is 9.90. The predicted molar refractivity (Wildman–Crippen MR) is 114 cm³/mol. The van der Waals surface area contributed by atoms with E-state index in [1.807, 2.05) is 40.7 Å². The Morgan fingerprint density at radius 2 is 1.44 bits per heavy atom. The summed E-state index contributed by atoms with van der Waals surface area (Å²) < 4.78 is 12.5. The number of hydrogen-bond donors (Lipinski definition) is 0. The molecule has 0 aromatic heterocycles. The van der Waals surface area contributed by atoms with Gasteiger partial charge in [0.25, 0.3) is 0 Å². The Morgan fingerprint density at radius 3 is 1.72 bits per heavy atom. The lowest BCUT2D eigenvalue weighted by atomic mass is 10.1. The van der Waals surface area contributed by atoms with Crippen molar-refractivity contribution >= 4 is 5.78 Å². The van der Waals surface area contributed by atoms with Crippen LogP contribution < -0.4 is 0 Å². The highest BCUT2D eigenvalue weighted by Crippen LogP contribution is 2.07. The molecule has 0 heterocycles. The van der Waals surface area contributed by atoms with E-state index in [-0.39, 0.29) is 11.6 Å². The summed E-state index contributed by atoms with van der Waals surface area (Å²) in [7, 11) is 0. The molecule has 0 aliphatic carbocycles. The van der Waals surface area contributed by atoms with Gasteiger partial charge in [-0.05, 0) is 45.2 Å². The van der Waals surface area contributed by atoms with Crippen LogP contribution in [0.3, 0.4) is 0 Å². The minimum atomic E-state index is -0.124. The number of Topliss-reactive ketones (excluding diaryl/α,β-unsaturated/α-hetero) is 1. The molecule has 0 atom stereocenters. The van der Waals surface area contributed by atoms with E-state index < -0.39 is 0 Å². The van der Waals surface area contributed by atoms with Crippen LogP contribution in [-0.4, -0.2) is 5.78 Å². The van der Waals surface area contributed by atoms with Crippen molar-refractivity contribution in [2.75, 3.05) is 0 Å². The van der Waals surface area contributed by atoms with Gasteiger partial charge in [0.05, 0.1) is 0 Å². The van der Waals surface area contributed by atoms with Crippen LogP contribution >= 0.6 is 0 Å². The van der Waals surface area contributed by atoms with Crippen LogP contribution in [0.25, 0.3) is 0 Å². The highest BCUT2D eigenvalue weighted by Gasteiger charge is 1.93. The number of hydrogen-bond acceptors (Lipinski definition) is 1. The molecule has 2 heteroatoms. The topological polar surface area (TPSA) is 17.1 Å². The molecule has 150 valence electrons. The summed E-state index contributed by atoms with van der Waals surface area (Å²) in [6.45, 7) is 21.6. The summed E-state index contributed by atoms with van der Waals surface area (Å²) in [5.41, 5.74) is 1.82. The van der Waals surface area contributed by atoms with Crippen molar-refractivity contribution in [1.82, 2.24) is 0 Å². The maximum Gasteiger partial charge on any atom is 0.126 e. The van der Waals surface area contributed by atoms with Crippen molar-refractivity contribution in [3.05, 3.63) is 35.1 Å². The first-order valence-electron chi connectivity index (χ1n) is 9.90. The Morgan fingerprint density at radius 1 is 1.00 bits per heavy atom. The Bertz CT molecular complexity index is 380. The summed E-state index contributed by atoms with van der Waals surface area (Å²) in [5.74, 6) is 0.946. The largest absolute Gasteiger partial charge is 0.300 e. The fourth-order valence-electron chi connectivity index (χ4n) is 1.60. The molecule has 0 saturated carbocycles. The lowest BCUT2D eigenvalue weighted by Crippen LogP contribution is -1.85. The molecule has 0 saturated heterocycles. The number of unbranched alkanes of at least 4 members (excludes halogenated alkanes) is 2. The predicted octanol–water partition coefficient (Wildman–Crippen LogP) is 8.31. The molecule has 0 amide bonds. The van der Waals surface area contributed by atoms with Crippen molar-refractivity contribution in [2.45, 2.75) is 102 Å². The van der Waals surface area contributed by atoms with E-state index in [9.17, 15) is 9.18 Å². The maximum absolute atomic E-state index is 12.5. The first kappa shape index (κ1) is 31.6. The smallest absolute Gasteiger partial charge is 0.126 e. The normalized spacial score (nSPS) is 8.36. The molecule has 0 bridgehead atoms. The van der Waals surface area contributed by atoms with Crippen molar-refractivity contribution in [3.8, 4) is 0 Å². The third kappa shape index (κ3) is 35.0. The summed E-state index contributed by atoms with van der Waals surface area (Å²) in [4.78, 5) is 9.44. The van der Waals surface area contributed by atoms with Crippen LogP contribution in [0.2, 0.25) is 0 Å². The van der Waals surface area contributed by atoms with Crippen molar-refractivity contribution in [3.63, 3.8) is 0 Å². The first-order chi connectivity index (χ1) is 11.7. The van der Waals surface area contributed by atoms with Crippen LogP contribution in [0, 0.1) is 25.6 Å². The Hall–Kier alpha value is -1.18. The minimum Gasteiger partial charge on any atom is -0.300 e. The van der Waals surface area contributed by atoms with Gasteiger partial charge in [0.15, 0.2) is 0 Å². The molecule has 0 N–H and O–H groups in total. The molecule has 0 aliphatic rings. The van der Waals surface area contributed by atoms with E-state index in [1.165, 1.54) is 45.6 Å². The number of rotatable bonds is 4. The van der Waals surface area contributed by atoms with Gasteiger partial charge in [0.1, 0.15) is 11.6 Å². The lowest BCUT2D eigenvalue weighted by Gasteiger charge is -2.00. The second kappa shape index (κ2) is 25.1. The molecule has 1 aromatic rings. The van der Waals surface area contributed by atoms with E-state index in [1.54, 1.807) is 13.0 Å². The minimum absolute atomic E-state index is 0.124. The molecule has 1 rings (SSSR count). The monoisotopic (exact) mass is 356 g/mol. The SMILES string of the molecule is CC.CC.CC(C)=O.CCCCCC(C)C.Cc1ccc(F)c(C)c1. The van der Waals surface area contributed by atoms with Crippen molar-refractivity contribution < 1.29 is 9.18 Å². The van der Waals surface area contributed by atoms with Gasteiger partial charge in [-0.25, -0.2) is 4.39 Å². The van der Waals surface area contributed by atoms with Gasteiger partial charge in [-0.3, -0.25) is 0 Å². The molecule has 1 nitrogen and oxygen atoms in total. The van der Waals surface area contributed by atoms with E-state index in [2.05, 4.69) is 20.8 Å². The zero-order valence-electron chi connectivity index (χ0n) is 18.9. The van der Waals surface area contributed by atoms with Crippen LogP contribution in [0.1, 0.15) is 99.1 Å². The van der Waals surface area contributed by atoms with Crippen molar-refractivity contribution in [1.29, 1.82) is 0 Å². The van der Waals surface area contributed by atoms with Gasteiger partial charge in [-0.1, -0.05) is 91.8 Å². The van der Waals surface area contributed by atoms with E-state index in [4.69, 9.17) is 0 Å². The summed E-state index contributed by atoms with van der Waals surface area (Å²) >= 11 is 0. The Labute approximate surface area is 158 Å². The molecule has 0 unspecified atom stereocenters. The molecular weight excluding hydrogens is 311 g/mol. The van der Waals surface area contributed by atoms with E-state index in [0.29, 0.717) is 0 Å². The number of halogens is 1. The van der Waals surface area contributed by atoms with Crippen LogP contribution in [0.5, 0.6) is 0 Å². The third-order valence-corrected chi connectivity index (χ3v) is 2.70. The van der Waals surface area contributed by atoms with Crippen molar-refractivity contribution in [2.24, 2.45) is 5.92 Å². The summed E-state index contributed by atoms with van der Waals surface area (Å²) in [6.07, 6.45) is 5.60. The number of carbonyl (C=O) groups is 1. The second-order valence-electron chi connectivity index (χ2n) is 6.05. The van der Waals surface area contributed by atoms with Gasteiger partial charge in [-0.2, -0.15) is 0 Å².